The first-order valence-corrected chi connectivity index (χ1v) is 12.4. The average Bonchev–Trinajstić information content (AvgIpc) is 3.46. The lowest BCUT2D eigenvalue weighted by molar-refractivity contribution is -0.140. The third kappa shape index (κ3) is 4.95. The number of likely N-dealkylation sites (tertiary alicyclic amines) is 1. The highest BCUT2D eigenvalue weighted by atomic mass is 32.1. The molecule has 1 N–H and O–H groups in total. The number of ether oxygens (including phenoxy) is 2. The van der Waals surface area contributed by atoms with Crippen LogP contribution in [0.5, 0.6) is 11.5 Å². The topological polar surface area (TPSA) is 76.1 Å². The summed E-state index contributed by atoms with van der Waals surface area (Å²) in [5.41, 5.74) is 2.17. The van der Waals surface area contributed by atoms with E-state index in [0.717, 1.165) is 21.8 Å². The number of ketones is 1. The highest BCUT2D eigenvalue weighted by Gasteiger charge is 2.46. The van der Waals surface area contributed by atoms with Gasteiger partial charge in [-0.15, -0.1) is 11.3 Å². The van der Waals surface area contributed by atoms with Crippen molar-refractivity contribution in [2.45, 2.75) is 33.4 Å². The largest absolute Gasteiger partial charge is 0.507 e. The molecule has 1 aliphatic rings. The Bertz CT molecular complexity index is 1260. The van der Waals surface area contributed by atoms with Crippen molar-refractivity contribution in [2.75, 3.05) is 13.7 Å². The minimum Gasteiger partial charge on any atom is -0.507 e. The Morgan fingerprint density at radius 2 is 1.86 bits per heavy atom. The van der Waals surface area contributed by atoms with Crippen molar-refractivity contribution in [1.82, 2.24) is 4.90 Å². The maximum absolute atomic E-state index is 13.2. The second-order valence-corrected chi connectivity index (χ2v) is 9.92. The summed E-state index contributed by atoms with van der Waals surface area (Å²) < 4.78 is 11.3. The molecule has 7 heteroatoms. The molecule has 1 aliphatic heterocycles. The SMILES string of the molecule is COc1ccccc1CN1C(=O)C(=O)/C(=C(\O)c2ccc(OCC(C)C)c(C)c2)C1c1cccs1. The van der Waals surface area contributed by atoms with Crippen LogP contribution in [0.2, 0.25) is 0 Å². The monoisotopic (exact) mass is 491 g/mol. The average molecular weight is 492 g/mol. The van der Waals surface area contributed by atoms with Crippen molar-refractivity contribution in [1.29, 1.82) is 0 Å². The number of thiophene rings is 1. The van der Waals surface area contributed by atoms with Crippen LogP contribution in [0, 0.1) is 12.8 Å². The second kappa shape index (κ2) is 10.4. The first-order chi connectivity index (χ1) is 16.8. The number of Topliss-reactive ketones (excluding diaryl/α,β-unsaturated/α-hetero) is 1. The molecule has 1 atom stereocenters. The first kappa shape index (κ1) is 24.5. The number of nitrogens with zero attached hydrogens (tertiary/aromatic N) is 1. The Morgan fingerprint density at radius 3 is 2.51 bits per heavy atom. The zero-order valence-electron chi connectivity index (χ0n) is 20.3. The number of carbonyl (C=O) groups excluding carboxylic acids is 2. The lowest BCUT2D eigenvalue weighted by Gasteiger charge is -2.25. The maximum Gasteiger partial charge on any atom is 0.295 e. The van der Waals surface area contributed by atoms with Gasteiger partial charge < -0.3 is 19.5 Å². The van der Waals surface area contributed by atoms with Gasteiger partial charge in [-0.2, -0.15) is 0 Å². The summed E-state index contributed by atoms with van der Waals surface area (Å²) in [4.78, 5) is 28.8. The molecule has 1 unspecified atom stereocenters. The molecule has 1 aromatic heterocycles. The summed E-state index contributed by atoms with van der Waals surface area (Å²) in [6, 6.07) is 15.7. The van der Waals surface area contributed by atoms with Gasteiger partial charge in [0.2, 0.25) is 0 Å². The number of benzene rings is 2. The third-order valence-corrected chi connectivity index (χ3v) is 6.83. The summed E-state index contributed by atoms with van der Waals surface area (Å²) >= 11 is 1.44. The van der Waals surface area contributed by atoms with E-state index in [9.17, 15) is 14.7 Å². The standard InChI is InChI=1S/C28H29NO5S/c1-17(2)16-34-21-12-11-19(14-18(21)3)26(30)24-25(23-10-7-13-35-23)29(28(32)27(24)31)15-20-8-5-6-9-22(20)33-4/h5-14,17,25,30H,15-16H2,1-4H3/b26-24-. The summed E-state index contributed by atoms with van der Waals surface area (Å²) in [6.07, 6.45) is 0. The van der Waals surface area contributed by atoms with Crippen molar-refractivity contribution in [3.63, 3.8) is 0 Å². The molecule has 1 fully saturated rings. The number of aliphatic hydroxyl groups is 1. The van der Waals surface area contributed by atoms with Crippen LogP contribution in [0.1, 0.15) is 41.5 Å². The number of methoxy groups -OCH3 is 1. The minimum atomic E-state index is -0.700. The van der Waals surface area contributed by atoms with E-state index in [1.165, 1.54) is 16.2 Å². The normalized spacial score (nSPS) is 17.3. The molecule has 1 amide bonds. The van der Waals surface area contributed by atoms with Gasteiger partial charge in [0.25, 0.3) is 11.7 Å². The number of hydrogen-bond acceptors (Lipinski definition) is 6. The van der Waals surface area contributed by atoms with E-state index in [1.807, 2.05) is 48.7 Å². The summed E-state index contributed by atoms with van der Waals surface area (Å²) in [5.74, 6) is 0.196. The lowest BCUT2D eigenvalue weighted by Crippen LogP contribution is -2.29. The van der Waals surface area contributed by atoms with E-state index in [0.29, 0.717) is 23.8 Å². The molecule has 0 radical (unpaired) electrons. The number of carbonyl (C=O) groups is 2. The maximum atomic E-state index is 13.2. The van der Waals surface area contributed by atoms with Gasteiger partial charge in [0.1, 0.15) is 17.3 Å². The van der Waals surface area contributed by atoms with Crippen molar-refractivity contribution < 1.29 is 24.2 Å². The fourth-order valence-electron chi connectivity index (χ4n) is 4.17. The van der Waals surface area contributed by atoms with Crippen LogP contribution >= 0.6 is 11.3 Å². The summed E-state index contributed by atoms with van der Waals surface area (Å²) in [6.45, 7) is 6.80. The van der Waals surface area contributed by atoms with E-state index in [4.69, 9.17) is 9.47 Å². The zero-order chi connectivity index (χ0) is 25.1. The summed E-state index contributed by atoms with van der Waals surface area (Å²) in [7, 11) is 1.57. The van der Waals surface area contributed by atoms with Crippen molar-refractivity contribution in [3.05, 3.63) is 87.1 Å². The van der Waals surface area contributed by atoms with Crippen LogP contribution in [-0.4, -0.2) is 35.4 Å². The van der Waals surface area contributed by atoms with Gasteiger partial charge in [-0.05, 0) is 54.1 Å². The van der Waals surface area contributed by atoms with E-state index in [-0.39, 0.29) is 17.9 Å². The molecule has 35 heavy (non-hydrogen) atoms. The smallest absolute Gasteiger partial charge is 0.295 e. The highest BCUT2D eigenvalue weighted by Crippen LogP contribution is 2.42. The molecule has 0 bridgehead atoms. The molecule has 0 spiro atoms. The van der Waals surface area contributed by atoms with Crippen molar-refractivity contribution >= 4 is 28.8 Å². The molecule has 4 rings (SSSR count). The Morgan fingerprint density at radius 1 is 1.09 bits per heavy atom. The molecule has 6 nitrogen and oxygen atoms in total. The molecule has 3 aromatic rings. The second-order valence-electron chi connectivity index (χ2n) is 8.94. The van der Waals surface area contributed by atoms with Gasteiger partial charge >= 0.3 is 0 Å². The molecule has 2 aromatic carbocycles. The molecule has 0 aliphatic carbocycles. The van der Waals surface area contributed by atoms with Gasteiger partial charge in [-0.25, -0.2) is 0 Å². The predicted molar refractivity (Wildman–Crippen MR) is 137 cm³/mol. The number of para-hydroxylation sites is 1. The number of rotatable bonds is 8. The van der Waals surface area contributed by atoms with Crippen LogP contribution in [-0.2, 0) is 16.1 Å². The Labute approximate surface area is 209 Å². The van der Waals surface area contributed by atoms with Gasteiger partial charge in [0.15, 0.2) is 0 Å². The number of aryl methyl sites for hydroxylation is 1. The predicted octanol–water partition coefficient (Wildman–Crippen LogP) is 5.72. The Hall–Kier alpha value is -3.58. The quantitative estimate of drug-likeness (QED) is 0.248. The molecule has 2 heterocycles. The molecular formula is C28H29NO5S. The van der Waals surface area contributed by atoms with E-state index in [2.05, 4.69) is 13.8 Å². The van der Waals surface area contributed by atoms with E-state index >= 15 is 0 Å². The fraction of sp³-hybridized carbons (Fsp3) is 0.286. The molecule has 1 saturated heterocycles. The summed E-state index contributed by atoms with van der Waals surface area (Å²) in [5, 5.41) is 13.2. The van der Waals surface area contributed by atoms with Gasteiger partial charge in [0, 0.05) is 16.0 Å². The number of amides is 1. The van der Waals surface area contributed by atoms with Gasteiger partial charge in [0.05, 0.1) is 31.9 Å². The van der Waals surface area contributed by atoms with Crippen LogP contribution in [0.15, 0.2) is 65.6 Å². The van der Waals surface area contributed by atoms with E-state index < -0.39 is 17.7 Å². The lowest BCUT2D eigenvalue weighted by atomic mass is 9.98. The zero-order valence-corrected chi connectivity index (χ0v) is 21.1. The number of hydrogen-bond donors (Lipinski definition) is 1. The van der Waals surface area contributed by atoms with Crippen LogP contribution in [0.25, 0.3) is 5.76 Å². The third-order valence-electron chi connectivity index (χ3n) is 5.91. The molecular weight excluding hydrogens is 462 g/mol. The Balaban J connectivity index is 1.76. The van der Waals surface area contributed by atoms with Crippen molar-refractivity contribution in [3.8, 4) is 11.5 Å². The fourth-order valence-corrected chi connectivity index (χ4v) is 5.02. The highest BCUT2D eigenvalue weighted by molar-refractivity contribution is 7.10. The molecule has 182 valence electrons. The van der Waals surface area contributed by atoms with E-state index in [1.54, 1.807) is 25.3 Å². The van der Waals surface area contributed by atoms with Crippen LogP contribution in [0.3, 0.4) is 0 Å². The molecule has 0 saturated carbocycles. The van der Waals surface area contributed by atoms with Gasteiger partial charge in [-0.1, -0.05) is 38.1 Å². The first-order valence-electron chi connectivity index (χ1n) is 11.5. The Kier molecular flexibility index (Phi) is 7.26. The van der Waals surface area contributed by atoms with Crippen molar-refractivity contribution in [2.24, 2.45) is 5.92 Å². The van der Waals surface area contributed by atoms with Gasteiger partial charge in [-0.3, -0.25) is 9.59 Å². The van der Waals surface area contributed by atoms with Crippen LogP contribution in [0.4, 0.5) is 0 Å². The number of aliphatic hydroxyl groups excluding tert-OH is 1. The minimum absolute atomic E-state index is 0.0857. The van der Waals surface area contributed by atoms with Crippen LogP contribution < -0.4 is 9.47 Å².